The Bertz CT molecular complexity index is 1030. The van der Waals surface area contributed by atoms with E-state index in [-0.39, 0.29) is 11.6 Å². The first-order valence-corrected chi connectivity index (χ1v) is 9.36. The highest BCUT2D eigenvalue weighted by Gasteiger charge is 2.24. The van der Waals surface area contributed by atoms with Gasteiger partial charge in [-0.3, -0.25) is 4.79 Å². The van der Waals surface area contributed by atoms with E-state index in [1.165, 1.54) is 4.90 Å². The lowest BCUT2D eigenvalue weighted by Crippen LogP contribution is -3.15. The standard InChI is InChI=1S/C20H23N5O3/c1-28-18-5-3-2-4-17(18)25-10-8-24(9-11-25)13-19(26)21-14-6-7-15-16(12-14)23-20(27)22-15/h2-7,12H,8-11,13H2,1H3,(H,21,26)(H2,22,23,27)/p+1. The summed E-state index contributed by atoms with van der Waals surface area (Å²) < 4.78 is 5.45. The van der Waals surface area contributed by atoms with Crippen LogP contribution in [0.1, 0.15) is 0 Å². The number of aromatic nitrogens is 2. The number of carbonyl (C=O) groups is 1. The number of aromatic amines is 2. The van der Waals surface area contributed by atoms with Crippen molar-refractivity contribution < 1.29 is 14.4 Å². The minimum absolute atomic E-state index is 0.0297. The van der Waals surface area contributed by atoms with Crippen LogP contribution in [0.4, 0.5) is 11.4 Å². The van der Waals surface area contributed by atoms with E-state index in [1.807, 2.05) is 18.2 Å². The van der Waals surface area contributed by atoms with Crippen molar-refractivity contribution >= 4 is 28.3 Å². The number of piperazine rings is 1. The number of quaternary nitrogens is 1. The van der Waals surface area contributed by atoms with Gasteiger partial charge in [0.2, 0.25) is 0 Å². The maximum Gasteiger partial charge on any atom is 0.323 e. The number of hydrogen-bond acceptors (Lipinski definition) is 4. The Balaban J connectivity index is 1.32. The molecule has 0 saturated carbocycles. The van der Waals surface area contributed by atoms with Crippen molar-refractivity contribution in [2.75, 3.05) is 50.1 Å². The molecule has 1 amide bonds. The number of H-pyrrole nitrogens is 2. The van der Waals surface area contributed by atoms with Crippen molar-refractivity contribution in [2.45, 2.75) is 0 Å². The lowest BCUT2D eigenvalue weighted by atomic mass is 10.2. The van der Waals surface area contributed by atoms with Gasteiger partial charge in [0, 0.05) is 5.69 Å². The fraction of sp³-hybridized carbons (Fsp3) is 0.300. The van der Waals surface area contributed by atoms with E-state index < -0.39 is 0 Å². The molecular weight excluding hydrogens is 358 g/mol. The van der Waals surface area contributed by atoms with Crippen LogP contribution >= 0.6 is 0 Å². The highest BCUT2D eigenvalue weighted by molar-refractivity contribution is 5.93. The summed E-state index contributed by atoms with van der Waals surface area (Å²) in [6.45, 7) is 3.94. The first-order chi connectivity index (χ1) is 13.6. The Kier molecular flexibility index (Phi) is 5.03. The molecule has 0 unspecified atom stereocenters. The van der Waals surface area contributed by atoms with Crippen LogP contribution in [0.5, 0.6) is 5.75 Å². The number of fused-ring (bicyclic) bond motifs is 1. The Hall–Kier alpha value is -3.26. The maximum atomic E-state index is 12.4. The van der Waals surface area contributed by atoms with Gasteiger partial charge >= 0.3 is 5.69 Å². The second-order valence-electron chi connectivity index (χ2n) is 6.97. The average molecular weight is 382 g/mol. The number of nitrogens with one attached hydrogen (secondary N) is 4. The molecule has 1 fully saturated rings. The molecule has 0 spiro atoms. The van der Waals surface area contributed by atoms with Gasteiger partial charge < -0.3 is 29.8 Å². The quantitative estimate of drug-likeness (QED) is 0.507. The molecule has 1 aliphatic rings. The molecule has 4 rings (SSSR count). The molecular formula is C20H24N5O3+. The van der Waals surface area contributed by atoms with Crippen molar-refractivity contribution in [1.29, 1.82) is 0 Å². The summed E-state index contributed by atoms with van der Waals surface area (Å²) in [5.41, 5.74) is 2.93. The summed E-state index contributed by atoms with van der Waals surface area (Å²) >= 11 is 0. The number of benzene rings is 2. The summed E-state index contributed by atoms with van der Waals surface area (Å²) in [5.74, 6) is 0.847. The maximum absolute atomic E-state index is 12.4. The third-order valence-electron chi connectivity index (χ3n) is 5.11. The molecule has 0 aliphatic carbocycles. The number of nitrogens with zero attached hydrogens (tertiary/aromatic N) is 1. The van der Waals surface area contributed by atoms with E-state index >= 15 is 0 Å². The van der Waals surface area contributed by atoms with Gasteiger partial charge in [-0.15, -0.1) is 0 Å². The van der Waals surface area contributed by atoms with Crippen LogP contribution in [0, 0.1) is 0 Å². The highest BCUT2D eigenvalue weighted by atomic mass is 16.5. The van der Waals surface area contributed by atoms with Crippen molar-refractivity contribution in [3.63, 3.8) is 0 Å². The summed E-state index contributed by atoms with van der Waals surface area (Å²) in [6, 6.07) is 13.4. The Morgan fingerprint density at radius 1 is 1.14 bits per heavy atom. The van der Waals surface area contributed by atoms with Gasteiger partial charge in [-0.05, 0) is 30.3 Å². The van der Waals surface area contributed by atoms with Crippen molar-refractivity contribution in [3.05, 3.63) is 52.9 Å². The molecule has 3 aromatic rings. The summed E-state index contributed by atoms with van der Waals surface area (Å²) in [7, 11) is 1.69. The van der Waals surface area contributed by atoms with Gasteiger partial charge in [-0.1, -0.05) is 12.1 Å². The molecule has 0 atom stereocenters. The van der Waals surface area contributed by atoms with E-state index in [1.54, 1.807) is 25.3 Å². The van der Waals surface area contributed by atoms with E-state index in [9.17, 15) is 9.59 Å². The first-order valence-electron chi connectivity index (χ1n) is 9.36. The zero-order valence-electron chi connectivity index (χ0n) is 15.7. The van der Waals surface area contributed by atoms with Crippen LogP contribution in [0.15, 0.2) is 47.3 Å². The van der Waals surface area contributed by atoms with Crippen LogP contribution < -0.4 is 25.5 Å². The second-order valence-corrected chi connectivity index (χ2v) is 6.97. The average Bonchev–Trinajstić information content (AvgIpc) is 3.08. The minimum atomic E-state index is -0.254. The SMILES string of the molecule is COc1ccccc1N1CC[NH+](CC(=O)Nc2ccc3[nH]c(=O)[nH]c3c2)CC1. The molecule has 0 bridgehead atoms. The number of anilines is 2. The zero-order chi connectivity index (χ0) is 19.5. The van der Waals surface area contributed by atoms with Crippen LogP contribution in [0.3, 0.4) is 0 Å². The predicted octanol–water partition coefficient (Wildman–Crippen LogP) is 0.208. The normalized spacial score (nSPS) is 15.0. The fourth-order valence-electron chi connectivity index (χ4n) is 3.67. The van der Waals surface area contributed by atoms with E-state index in [0.717, 1.165) is 43.1 Å². The predicted molar refractivity (Wildman–Crippen MR) is 108 cm³/mol. The number of carbonyl (C=O) groups excluding carboxylic acids is 1. The van der Waals surface area contributed by atoms with Gasteiger partial charge in [0.25, 0.3) is 5.91 Å². The summed E-state index contributed by atoms with van der Waals surface area (Å²) in [5, 5.41) is 2.92. The second kappa shape index (κ2) is 7.77. The number of amides is 1. The molecule has 0 radical (unpaired) electrons. The number of hydrogen-bond donors (Lipinski definition) is 4. The Labute approximate surface area is 162 Å². The highest BCUT2D eigenvalue weighted by Crippen LogP contribution is 2.27. The number of rotatable bonds is 5. The van der Waals surface area contributed by atoms with Gasteiger partial charge in [-0.2, -0.15) is 0 Å². The van der Waals surface area contributed by atoms with Crippen molar-refractivity contribution in [3.8, 4) is 5.75 Å². The molecule has 2 heterocycles. The topological polar surface area (TPSA) is 94.7 Å². The van der Waals surface area contributed by atoms with Gasteiger partial charge in [0.15, 0.2) is 6.54 Å². The van der Waals surface area contributed by atoms with Crippen LogP contribution in [-0.4, -0.2) is 55.7 Å². The molecule has 146 valence electrons. The van der Waals surface area contributed by atoms with Gasteiger partial charge in [-0.25, -0.2) is 4.79 Å². The lowest BCUT2D eigenvalue weighted by molar-refractivity contribution is -0.892. The molecule has 1 saturated heterocycles. The molecule has 1 aliphatic heterocycles. The van der Waals surface area contributed by atoms with Crippen molar-refractivity contribution in [2.24, 2.45) is 0 Å². The zero-order valence-corrected chi connectivity index (χ0v) is 15.7. The number of imidazole rings is 1. The summed E-state index contributed by atoms with van der Waals surface area (Å²) in [6.07, 6.45) is 0. The number of para-hydroxylation sites is 2. The molecule has 1 aromatic heterocycles. The molecule has 8 nitrogen and oxygen atoms in total. The smallest absolute Gasteiger partial charge is 0.323 e. The first kappa shape index (κ1) is 18.1. The Morgan fingerprint density at radius 3 is 2.68 bits per heavy atom. The molecule has 2 aromatic carbocycles. The van der Waals surface area contributed by atoms with Crippen LogP contribution in [-0.2, 0) is 4.79 Å². The Morgan fingerprint density at radius 2 is 1.89 bits per heavy atom. The minimum Gasteiger partial charge on any atom is -0.495 e. The monoisotopic (exact) mass is 382 g/mol. The number of ether oxygens (including phenoxy) is 1. The molecule has 28 heavy (non-hydrogen) atoms. The summed E-state index contributed by atoms with van der Waals surface area (Å²) in [4.78, 5) is 32.7. The lowest BCUT2D eigenvalue weighted by Gasteiger charge is -2.34. The van der Waals surface area contributed by atoms with E-state index in [4.69, 9.17) is 4.74 Å². The van der Waals surface area contributed by atoms with Crippen LogP contribution in [0.25, 0.3) is 11.0 Å². The van der Waals surface area contributed by atoms with Gasteiger partial charge in [0.05, 0.1) is 50.0 Å². The van der Waals surface area contributed by atoms with Crippen molar-refractivity contribution in [1.82, 2.24) is 9.97 Å². The molecule has 4 N–H and O–H groups in total. The number of methoxy groups -OCH3 is 1. The van der Waals surface area contributed by atoms with Gasteiger partial charge in [0.1, 0.15) is 5.75 Å². The van der Waals surface area contributed by atoms with E-state index in [0.29, 0.717) is 17.7 Å². The molecule has 8 heteroatoms. The van der Waals surface area contributed by atoms with Crippen LogP contribution in [0.2, 0.25) is 0 Å². The third-order valence-corrected chi connectivity index (χ3v) is 5.11. The largest absolute Gasteiger partial charge is 0.495 e. The third kappa shape index (κ3) is 3.86. The van der Waals surface area contributed by atoms with E-state index in [2.05, 4.69) is 26.3 Å². The fourth-order valence-corrected chi connectivity index (χ4v) is 3.67.